The Morgan fingerprint density at radius 3 is 2.93 bits per heavy atom. The van der Waals surface area contributed by atoms with Crippen molar-refractivity contribution in [1.29, 1.82) is 0 Å². The molecule has 0 radical (unpaired) electrons. The predicted octanol–water partition coefficient (Wildman–Crippen LogP) is 2.68. The number of aryl methyl sites for hydroxylation is 1. The minimum atomic E-state index is 0.170. The van der Waals surface area contributed by atoms with E-state index in [0.29, 0.717) is 0 Å². The third kappa shape index (κ3) is 3.60. The zero-order valence-corrected chi connectivity index (χ0v) is 9.73. The van der Waals surface area contributed by atoms with Crippen LogP contribution in [-0.2, 0) is 6.42 Å². The van der Waals surface area contributed by atoms with Gasteiger partial charge in [0.15, 0.2) is 0 Å². The lowest BCUT2D eigenvalue weighted by Crippen LogP contribution is -2.23. The van der Waals surface area contributed by atoms with Gasteiger partial charge in [-0.1, -0.05) is 19.1 Å². The summed E-state index contributed by atoms with van der Waals surface area (Å²) in [4.78, 5) is 4.39. The van der Waals surface area contributed by atoms with Crippen molar-refractivity contribution < 1.29 is 0 Å². The quantitative estimate of drug-likeness (QED) is 0.759. The number of hydrogen-bond acceptors (Lipinski definition) is 3. The fraction of sp³-hybridized carbons (Fsp3) is 0.545. The molecule has 0 aliphatic rings. The van der Waals surface area contributed by atoms with E-state index in [9.17, 15) is 0 Å². The van der Waals surface area contributed by atoms with Gasteiger partial charge in [-0.3, -0.25) is 0 Å². The van der Waals surface area contributed by atoms with Gasteiger partial charge in [0.1, 0.15) is 0 Å². The summed E-state index contributed by atoms with van der Waals surface area (Å²) in [5.41, 5.74) is 8.34. The summed E-state index contributed by atoms with van der Waals surface area (Å²) in [5, 5.41) is 3.20. The fourth-order valence-electron chi connectivity index (χ4n) is 1.36. The SMILES string of the molecule is C=C(CC)CC(N)Cc1csc(C)n1. The second kappa shape index (κ2) is 5.27. The predicted molar refractivity (Wildman–Crippen MR) is 62.6 cm³/mol. The van der Waals surface area contributed by atoms with Crippen molar-refractivity contribution in [3.05, 3.63) is 28.2 Å². The van der Waals surface area contributed by atoms with Gasteiger partial charge in [0.2, 0.25) is 0 Å². The lowest BCUT2D eigenvalue weighted by Gasteiger charge is -2.10. The van der Waals surface area contributed by atoms with Crippen molar-refractivity contribution in [1.82, 2.24) is 4.98 Å². The van der Waals surface area contributed by atoms with E-state index in [1.807, 2.05) is 6.92 Å². The topological polar surface area (TPSA) is 38.9 Å². The lowest BCUT2D eigenvalue weighted by molar-refractivity contribution is 0.643. The largest absolute Gasteiger partial charge is 0.327 e. The summed E-state index contributed by atoms with van der Waals surface area (Å²) >= 11 is 1.68. The third-order valence-electron chi connectivity index (χ3n) is 2.19. The molecule has 0 saturated carbocycles. The first-order valence-electron chi connectivity index (χ1n) is 4.95. The molecule has 2 nitrogen and oxygen atoms in total. The van der Waals surface area contributed by atoms with Crippen LogP contribution in [-0.4, -0.2) is 11.0 Å². The molecule has 1 atom stereocenters. The lowest BCUT2D eigenvalue weighted by atomic mass is 10.0. The van der Waals surface area contributed by atoms with Crippen LogP contribution in [0.15, 0.2) is 17.5 Å². The van der Waals surface area contributed by atoms with E-state index >= 15 is 0 Å². The standard InChI is InChI=1S/C11H18N2S/c1-4-8(2)5-10(12)6-11-7-14-9(3)13-11/h7,10H,2,4-6,12H2,1,3H3. The highest BCUT2D eigenvalue weighted by atomic mass is 32.1. The van der Waals surface area contributed by atoms with Crippen LogP contribution in [0, 0.1) is 6.92 Å². The Bertz CT molecular complexity index is 304. The summed E-state index contributed by atoms with van der Waals surface area (Å²) in [5.74, 6) is 0. The van der Waals surface area contributed by atoms with Crippen LogP contribution >= 0.6 is 11.3 Å². The molecule has 78 valence electrons. The maximum atomic E-state index is 6.00. The number of thiazole rings is 1. The molecule has 0 fully saturated rings. The molecule has 3 heteroatoms. The Morgan fingerprint density at radius 1 is 1.71 bits per heavy atom. The van der Waals surface area contributed by atoms with E-state index in [-0.39, 0.29) is 6.04 Å². The Morgan fingerprint density at radius 2 is 2.43 bits per heavy atom. The molecule has 0 aromatic carbocycles. The van der Waals surface area contributed by atoms with Gasteiger partial charge in [0, 0.05) is 17.8 Å². The van der Waals surface area contributed by atoms with Crippen molar-refractivity contribution in [2.24, 2.45) is 5.73 Å². The Balaban J connectivity index is 2.41. The van der Waals surface area contributed by atoms with Crippen LogP contribution in [0.2, 0.25) is 0 Å². The summed E-state index contributed by atoms with van der Waals surface area (Å²) in [6.07, 6.45) is 2.79. The van der Waals surface area contributed by atoms with Crippen LogP contribution in [0.25, 0.3) is 0 Å². The van der Waals surface area contributed by atoms with Crippen molar-refractivity contribution >= 4 is 11.3 Å². The number of hydrogen-bond donors (Lipinski definition) is 1. The average molecular weight is 210 g/mol. The molecule has 1 aromatic heterocycles. The first-order valence-corrected chi connectivity index (χ1v) is 5.83. The van der Waals surface area contributed by atoms with Gasteiger partial charge in [-0.2, -0.15) is 0 Å². The molecule has 0 aliphatic carbocycles. The molecule has 0 spiro atoms. The van der Waals surface area contributed by atoms with Crippen molar-refractivity contribution in [3.63, 3.8) is 0 Å². The minimum Gasteiger partial charge on any atom is -0.327 e. The maximum Gasteiger partial charge on any atom is 0.0897 e. The molecule has 1 rings (SSSR count). The zero-order chi connectivity index (χ0) is 10.6. The van der Waals surface area contributed by atoms with Crippen molar-refractivity contribution in [2.45, 2.75) is 39.2 Å². The van der Waals surface area contributed by atoms with Gasteiger partial charge in [0.05, 0.1) is 10.7 Å². The Hall–Kier alpha value is -0.670. The summed E-state index contributed by atoms with van der Waals surface area (Å²) in [6, 6.07) is 0.170. The highest BCUT2D eigenvalue weighted by Gasteiger charge is 2.07. The van der Waals surface area contributed by atoms with E-state index < -0.39 is 0 Å². The smallest absolute Gasteiger partial charge is 0.0897 e. The molecule has 1 unspecified atom stereocenters. The Kier molecular flexibility index (Phi) is 4.29. The van der Waals surface area contributed by atoms with Crippen LogP contribution in [0.3, 0.4) is 0 Å². The van der Waals surface area contributed by atoms with Crippen LogP contribution in [0.4, 0.5) is 0 Å². The number of rotatable bonds is 5. The number of nitrogens with zero attached hydrogens (tertiary/aromatic N) is 1. The van der Waals surface area contributed by atoms with Gasteiger partial charge >= 0.3 is 0 Å². The number of nitrogens with two attached hydrogens (primary N) is 1. The molecule has 0 amide bonds. The Labute approximate surface area is 89.9 Å². The van der Waals surface area contributed by atoms with Gasteiger partial charge in [-0.05, 0) is 19.8 Å². The highest BCUT2D eigenvalue weighted by molar-refractivity contribution is 7.09. The molecule has 1 aromatic rings. The second-order valence-electron chi connectivity index (χ2n) is 3.63. The van der Waals surface area contributed by atoms with Crippen LogP contribution in [0.5, 0.6) is 0 Å². The summed E-state index contributed by atoms with van der Waals surface area (Å²) < 4.78 is 0. The van der Waals surface area contributed by atoms with Crippen molar-refractivity contribution in [3.8, 4) is 0 Å². The number of aromatic nitrogens is 1. The third-order valence-corrected chi connectivity index (χ3v) is 3.01. The van der Waals surface area contributed by atoms with E-state index in [4.69, 9.17) is 5.73 Å². The summed E-state index contributed by atoms with van der Waals surface area (Å²) in [7, 11) is 0. The first kappa shape index (κ1) is 11.4. The van der Waals surface area contributed by atoms with E-state index in [0.717, 1.165) is 30.0 Å². The van der Waals surface area contributed by atoms with Crippen LogP contribution in [0.1, 0.15) is 30.5 Å². The maximum absolute atomic E-state index is 6.00. The van der Waals surface area contributed by atoms with Gasteiger partial charge < -0.3 is 5.73 Å². The van der Waals surface area contributed by atoms with E-state index in [1.165, 1.54) is 5.57 Å². The molecule has 14 heavy (non-hydrogen) atoms. The zero-order valence-electron chi connectivity index (χ0n) is 8.92. The molecular formula is C11H18N2S. The molecule has 0 saturated heterocycles. The first-order chi connectivity index (χ1) is 6.61. The fourth-order valence-corrected chi connectivity index (χ4v) is 1.98. The van der Waals surface area contributed by atoms with Gasteiger partial charge in [-0.25, -0.2) is 4.98 Å². The molecular weight excluding hydrogens is 192 g/mol. The van der Waals surface area contributed by atoms with Crippen LogP contribution < -0.4 is 5.73 Å². The monoisotopic (exact) mass is 210 g/mol. The van der Waals surface area contributed by atoms with Gasteiger partial charge in [0.25, 0.3) is 0 Å². The second-order valence-corrected chi connectivity index (χ2v) is 4.69. The van der Waals surface area contributed by atoms with E-state index in [2.05, 4.69) is 23.9 Å². The average Bonchev–Trinajstić information content (AvgIpc) is 2.50. The normalized spacial score (nSPS) is 12.8. The molecule has 2 N–H and O–H groups in total. The summed E-state index contributed by atoms with van der Waals surface area (Å²) in [6.45, 7) is 8.09. The molecule has 0 bridgehead atoms. The minimum absolute atomic E-state index is 0.170. The van der Waals surface area contributed by atoms with E-state index in [1.54, 1.807) is 11.3 Å². The molecule has 1 heterocycles. The molecule has 0 aliphatic heterocycles. The van der Waals surface area contributed by atoms with Gasteiger partial charge in [-0.15, -0.1) is 11.3 Å². The van der Waals surface area contributed by atoms with Crippen molar-refractivity contribution in [2.75, 3.05) is 0 Å². The highest BCUT2D eigenvalue weighted by Crippen LogP contribution is 2.13.